The molecule has 2 aliphatic heterocycles. The van der Waals surface area contributed by atoms with Crippen molar-refractivity contribution in [2.45, 2.75) is 32.2 Å². The molecular formula is C14H22N2O4S. The van der Waals surface area contributed by atoms with Gasteiger partial charge in [-0.2, -0.15) is 17.0 Å². The van der Waals surface area contributed by atoms with Gasteiger partial charge in [-0.1, -0.05) is 0 Å². The smallest absolute Gasteiger partial charge is 0.282 e. The van der Waals surface area contributed by atoms with Gasteiger partial charge in [0.15, 0.2) is 0 Å². The summed E-state index contributed by atoms with van der Waals surface area (Å²) in [7, 11) is -3.45. The van der Waals surface area contributed by atoms with Gasteiger partial charge in [0.05, 0.1) is 12.6 Å². The molecule has 0 N–H and O–H groups in total. The van der Waals surface area contributed by atoms with Gasteiger partial charge in [-0.3, -0.25) is 0 Å². The third-order valence-corrected chi connectivity index (χ3v) is 6.14. The predicted molar refractivity (Wildman–Crippen MR) is 78.1 cm³/mol. The average molecular weight is 314 g/mol. The lowest BCUT2D eigenvalue weighted by Gasteiger charge is -2.29. The number of furan rings is 1. The molecule has 7 heteroatoms. The Labute approximate surface area is 125 Å². The van der Waals surface area contributed by atoms with Crippen molar-refractivity contribution in [3.8, 4) is 0 Å². The highest BCUT2D eigenvalue weighted by atomic mass is 32.2. The maximum Gasteiger partial charge on any atom is 0.282 e. The van der Waals surface area contributed by atoms with E-state index in [1.54, 1.807) is 8.61 Å². The molecule has 0 unspecified atom stereocenters. The van der Waals surface area contributed by atoms with Gasteiger partial charge in [0.25, 0.3) is 10.2 Å². The summed E-state index contributed by atoms with van der Waals surface area (Å²) in [6.45, 7) is 4.50. The van der Waals surface area contributed by atoms with Crippen LogP contribution in [0.5, 0.6) is 0 Å². The minimum absolute atomic E-state index is 0.173. The van der Waals surface area contributed by atoms with Crippen LogP contribution in [0.3, 0.4) is 0 Å². The van der Waals surface area contributed by atoms with Crippen molar-refractivity contribution >= 4 is 10.2 Å². The van der Waals surface area contributed by atoms with Gasteiger partial charge < -0.3 is 9.15 Å². The minimum Gasteiger partial charge on any atom is -0.465 e. The standard InChI is InChI=1S/C14H22N2O4S/c1-12-5-6-14(20-12)13-4-2-8-16(13)21(17,18)15-7-3-10-19-11-9-15/h5-6,13H,2-4,7-11H2,1H3/t13-/m0/s1. The van der Waals surface area contributed by atoms with Crippen LogP contribution in [0.1, 0.15) is 36.8 Å². The first-order chi connectivity index (χ1) is 10.1. The molecule has 0 radical (unpaired) electrons. The first-order valence-electron chi connectivity index (χ1n) is 7.50. The number of aryl methyl sites for hydroxylation is 1. The van der Waals surface area contributed by atoms with E-state index in [1.807, 2.05) is 19.1 Å². The van der Waals surface area contributed by atoms with Gasteiger partial charge in [0.2, 0.25) is 0 Å². The molecule has 2 saturated heterocycles. The van der Waals surface area contributed by atoms with Crippen molar-refractivity contribution in [3.05, 3.63) is 23.7 Å². The van der Waals surface area contributed by atoms with Crippen molar-refractivity contribution in [3.63, 3.8) is 0 Å². The fourth-order valence-corrected chi connectivity index (χ4v) is 4.89. The Morgan fingerprint density at radius 2 is 2.00 bits per heavy atom. The summed E-state index contributed by atoms with van der Waals surface area (Å²) in [5.74, 6) is 1.57. The van der Waals surface area contributed by atoms with Crippen LogP contribution in [0.4, 0.5) is 0 Å². The van der Waals surface area contributed by atoms with Crippen molar-refractivity contribution in [1.82, 2.24) is 8.61 Å². The molecule has 1 aromatic heterocycles. The highest BCUT2D eigenvalue weighted by molar-refractivity contribution is 7.86. The fourth-order valence-electron chi connectivity index (χ4n) is 3.04. The molecule has 1 atom stereocenters. The van der Waals surface area contributed by atoms with Gasteiger partial charge in [0.1, 0.15) is 11.5 Å². The van der Waals surface area contributed by atoms with Gasteiger partial charge in [-0.15, -0.1) is 0 Å². The van der Waals surface area contributed by atoms with Gasteiger partial charge in [-0.25, -0.2) is 0 Å². The van der Waals surface area contributed by atoms with Crippen LogP contribution in [0, 0.1) is 6.92 Å². The summed E-state index contributed by atoms with van der Waals surface area (Å²) in [6.07, 6.45) is 2.43. The molecule has 118 valence electrons. The average Bonchev–Trinajstić information content (AvgIpc) is 3.00. The maximum atomic E-state index is 12.9. The van der Waals surface area contributed by atoms with Gasteiger partial charge in [-0.05, 0) is 38.3 Å². The van der Waals surface area contributed by atoms with Crippen molar-refractivity contribution < 1.29 is 17.6 Å². The van der Waals surface area contributed by atoms with Crippen LogP contribution in [-0.2, 0) is 14.9 Å². The second kappa shape index (κ2) is 6.08. The molecule has 3 rings (SSSR count). The summed E-state index contributed by atoms with van der Waals surface area (Å²) in [5.41, 5.74) is 0. The molecule has 2 fully saturated rings. The molecule has 0 bridgehead atoms. The molecule has 0 amide bonds. The number of rotatable bonds is 3. The molecule has 1 aromatic rings. The van der Waals surface area contributed by atoms with Crippen molar-refractivity contribution in [2.24, 2.45) is 0 Å². The zero-order chi connectivity index (χ0) is 14.9. The Bertz CT molecular complexity index is 576. The first-order valence-corrected chi connectivity index (χ1v) is 8.90. The first kappa shape index (κ1) is 15.0. The van der Waals surface area contributed by atoms with Crippen molar-refractivity contribution in [1.29, 1.82) is 0 Å². The zero-order valence-corrected chi connectivity index (χ0v) is 13.1. The van der Waals surface area contributed by atoms with Crippen LogP contribution in [0.25, 0.3) is 0 Å². The third kappa shape index (κ3) is 3.01. The number of nitrogens with zero attached hydrogens (tertiary/aromatic N) is 2. The van der Waals surface area contributed by atoms with Crippen LogP contribution in [0.15, 0.2) is 16.5 Å². The molecule has 3 heterocycles. The van der Waals surface area contributed by atoms with E-state index in [1.165, 1.54) is 0 Å². The fraction of sp³-hybridized carbons (Fsp3) is 0.714. The largest absolute Gasteiger partial charge is 0.465 e. The van der Waals surface area contributed by atoms with Crippen LogP contribution in [0.2, 0.25) is 0 Å². The maximum absolute atomic E-state index is 12.9. The van der Waals surface area contributed by atoms with E-state index in [9.17, 15) is 8.42 Å². The third-order valence-electron chi connectivity index (χ3n) is 4.10. The quantitative estimate of drug-likeness (QED) is 0.852. The molecule has 0 aromatic carbocycles. The van der Waals surface area contributed by atoms with E-state index in [0.717, 1.165) is 30.8 Å². The van der Waals surface area contributed by atoms with E-state index in [-0.39, 0.29) is 6.04 Å². The van der Waals surface area contributed by atoms with Crippen LogP contribution >= 0.6 is 0 Å². The SMILES string of the molecule is Cc1ccc([C@@H]2CCCN2S(=O)(=O)N2CCCOCC2)o1. The molecule has 21 heavy (non-hydrogen) atoms. The topological polar surface area (TPSA) is 63.0 Å². The molecule has 0 aliphatic carbocycles. The highest BCUT2D eigenvalue weighted by Crippen LogP contribution is 2.36. The van der Waals surface area contributed by atoms with Crippen molar-refractivity contribution in [2.75, 3.05) is 32.8 Å². The molecule has 0 saturated carbocycles. The summed E-state index contributed by atoms with van der Waals surface area (Å²) in [5, 5.41) is 0. The Balaban J connectivity index is 1.83. The second-order valence-electron chi connectivity index (χ2n) is 5.59. The van der Waals surface area contributed by atoms with E-state index >= 15 is 0 Å². The number of hydrogen-bond acceptors (Lipinski definition) is 4. The van der Waals surface area contributed by atoms with Crippen LogP contribution < -0.4 is 0 Å². The normalized spacial score (nSPS) is 26.0. The molecule has 0 spiro atoms. The van der Waals surface area contributed by atoms with E-state index in [4.69, 9.17) is 9.15 Å². The lowest BCUT2D eigenvalue weighted by atomic mass is 10.2. The molecule has 2 aliphatic rings. The molecule has 6 nitrogen and oxygen atoms in total. The highest BCUT2D eigenvalue weighted by Gasteiger charge is 2.40. The Hall–Kier alpha value is -0.890. The minimum atomic E-state index is -3.45. The lowest BCUT2D eigenvalue weighted by molar-refractivity contribution is 0.147. The summed E-state index contributed by atoms with van der Waals surface area (Å²) >= 11 is 0. The Morgan fingerprint density at radius 1 is 1.14 bits per heavy atom. The van der Waals surface area contributed by atoms with Gasteiger partial charge in [0, 0.05) is 26.2 Å². The summed E-state index contributed by atoms with van der Waals surface area (Å²) in [4.78, 5) is 0. The lowest BCUT2D eigenvalue weighted by Crippen LogP contribution is -2.44. The van der Waals surface area contributed by atoms with E-state index in [0.29, 0.717) is 32.8 Å². The Morgan fingerprint density at radius 3 is 2.76 bits per heavy atom. The Kier molecular flexibility index (Phi) is 4.35. The zero-order valence-electron chi connectivity index (χ0n) is 12.3. The van der Waals surface area contributed by atoms with Crippen LogP contribution in [-0.4, -0.2) is 49.9 Å². The second-order valence-corrected chi connectivity index (χ2v) is 7.47. The van der Waals surface area contributed by atoms with E-state index in [2.05, 4.69) is 0 Å². The monoisotopic (exact) mass is 314 g/mol. The summed E-state index contributed by atoms with van der Waals surface area (Å²) < 4.78 is 39.9. The number of hydrogen-bond donors (Lipinski definition) is 0. The van der Waals surface area contributed by atoms with E-state index < -0.39 is 10.2 Å². The van der Waals surface area contributed by atoms with Gasteiger partial charge >= 0.3 is 0 Å². The number of ether oxygens (including phenoxy) is 1. The predicted octanol–water partition coefficient (Wildman–Crippen LogP) is 1.69. The summed E-state index contributed by atoms with van der Waals surface area (Å²) in [6, 6.07) is 3.60. The molecular weight excluding hydrogens is 292 g/mol.